The van der Waals surface area contributed by atoms with Crippen molar-refractivity contribution in [3.63, 3.8) is 0 Å². The maximum Gasteiger partial charge on any atom is 0.120 e. The Bertz CT molecular complexity index is 73.1. The second kappa shape index (κ2) is 2.82. The SMILES string of the molecule is CC(C)(N)CCC=O. The van der Waals surface area contributed by atoms with E-state index in [9.17, 15) is 4.79 Å². The Morgan fingerprint density at radius 1 is 1.62 bits per heavy atom. The highest BCUT2D eigenvalue weighted by molar-refractivity contribution is 5.49. The van der Waals surface area contributed by atoms with E-state index in [0.29, 0.717) is 6.42 Å². The van der Waals surface area contributed by atoms with Gasteiger partial charge in [-0.25, -0.2) is 0 Å². The third-order valence-corrected chi connectivity index (χ3v) is 0.907. The summed E-state index contributed by atoms with van der Waals surface area (Å²) in [5.74, 6) is 0. The van der Waals surface area contributed by atoms with Crippen molar-refractivity contribution in [3.05, 3.63) is 0 Å². The highest BCUT2D eigenvalue weighted by atomic mass is 16.1. The number of carbonyl (C=O) groups excluding carboxylic acids is 1. The summed E-state index contributed by atoms with van der Waals surface area (Å²) < 4.78 is 0. The Hall–Kier alpha value is -0.370. The molecule has 0 aromatic heterocycles. The molecule has 0 spiro atoms. The van der Waals surface area contributed by atoms with E-state index in [1.54, 1.807) is 0 Å². The molecular formula is C6H13NO. The smallest absolute Gasteiger partial charge is 0.120 e. The first kappa shape index (κ1) is 7.63. The monoisotopic (exact) mass is 115 g/mol. The van der Waals surface area contributed by atoms with Crippen LogP contribution in [0.1, 0.15) is 26.7 Å². The van der Waals surface area contributed by atoms with Gasteiger partial charge in [0.25, 0.3) is 0 Å². The third-order valence-electron chi connectivity index (χ3n) is 0.907. The molecule has 0 saturated carbocycles. The number of carbonyl (C=O) groups is 1. The summed E-state index contributed by atoms with van der Waals surface area (Å²) in [6.07, 6.45) is 2.24. The van der Waals surface area contributed by atoms with Crippen LogP contribution in [0.15, 0.2) is 0 Å². The van der Waals surface area contributed by atoms with Crippen molar-refractivity contribution in [1.29, 1.82) is 0 Å². The lowest BCUT2D eigenvalue weighted by Crippen LogP contribution is -2.31. The van der Waals surface area contributed by atoms with Crippen LogP contribution in [0.25, 0.3) is 0 Å². The molecule has 8 heavy (non-hydrogen) atoms. The molecule has 2 nitrogen and oxygen atoms in total. The van der Waals surface area contributed by atoms with Gasteiger partial charge in [-0.05, 0) is 20.3 Å². The van der Waals surface area contributed by atoms with E-state index in [4.69, 9.17) is 5.73 Å². The topological polar surface area (TPSA) is 43.1 Å². The van der Waals surface area contributed by atoms with Crippen LogP contribution in [0.5, 0.6) is 0 Å². The fourth-order valence-corrected chi connectivity index (χ4v) is 0.431. The van der Waals surface area contributed by atoms with E-state index in [1.807, 2.05) is 13.8 Å². The zero-order chi connectivity index (χ0) is 6.62. The van der Waals surface area contributed by atoms with Gasteiger partial charge in [-0.1, -0.05) is 0 Å². The van der Waals surface area contributed by atoms with Crippen LogP contribution < -0.4 is 5.73 Å². The molecule has 0 unspecified atom stereocenters. The van der Waals surface area contributed by atoms with Gasteiger partial charge < -0.3 is 10.5 Å². The minimum Gasteiger partial charge on any atom is -0.326 e. The lowest BCUT2D eigenvalue weighted by molar-refractivity contribution is -0.108. The summed E-state index contributed by atoms with van der Waals surface area (Å²) in [6, 6.07) is 0. The highest BCUT2D eigenvalue weighted by Crippen LogP contribution is 2.03. The fraction of sp³-hybridized carbons (Fsp3) is 0.833. The molecule has 0 rings (SSSR count). The summed E-state index contributed by atoms with van der Waals surface area (Å²) in [5.41, 5.74) is 5.38. The number of aldehydes is 1. The molecule has 0 amide bonds. The molecule has 2 heteroatoms. The van der Waals surface area contributed by atoms with E-state index >= 15 is 0 Å². The van der Waals surface area contributed by atoms with Crippen molar-refractivity contribution < 1.29 is 4.79 Å². The summed E-state index contributed by atoms with van der Waals surface area (Å²) in [7, 11) is 0. The normalized spacial score (nSPS) is 11.4. The molecule has 0 aliphatic rings. The van der Waals surface area contributed by atoms with E-state index in [-0.39, 0.29) is 5.54 Å². The fourth-order valence-electron chi connectivity index (χ4n) is 0.431. The first-order valence-corrected chi connectivity index (χ1v) is 2.79. The molecule has 0 atom stereocenters. The summed E-state index contributed by atoms with van der Waals surface area (Å²) >= 11 is 0. The van der Waals surface area contributed by atoms with Crippen molar-refractivity contribution >= 4 is 6.29 Å². The molecule has 0 heterocycles. The predicted octanol–water partition coefficient (Wildman–Crippen LogP) is 0.703. The van der Waals surface area contributed by atoms with Crippen molar-refractivity contribution in [3.8, 4) is 0 Å². The molecular weight excluding hydrogens is 102 g/mol. The molecule has 0 bridgehead atoms. The predicted molar refractivity (Wildman–Crippen MR) is 33.6 cm³/mol. The molecule has 0 aliphatic carbocycles. The summed E-state index contributed by atoms with van der Waals surface area (Å²) in [6.45, 7) is 3.83. The number of nitrogens with two attached hydrogens (primary N) is 1. The zero-order valence-electron chi connectivity index (χ0n) is 5.48. The van der Waals surface area contributed by atoms with Crippen molar-refractivity contribution in [1.82, 2.24) is 0 Å². The molecule has 48 valence electrons. The maximum atomic E-state index is 9.80. The third kappa shape index (κ3) is 5.63. The molecule has 0 aromatic carbocycles. The van der Waals surface area contributed by atoms with Crippen molar-refractivity contribution in [2.75, 3.05) is 0 Å². The van der Waals surface area contributed by atoms with Crippen LogP contribution in [0.4, 0.5) is 0 Å². The van der Waals surface area contributed by atoms with E-state index < -0.39 is 0 Å². The number of hydrogen-bond donors (Lipinski definition) is 1. The van der Waals surface area contributed by atoms with Gasteiger partial charge in [-0.3, -0.25) is 0 Å². The largest absolute Gasteiger partial charge is 0.326 e. The Morgan fingerprint density at radius 3 is 2.25 bits per heavy atom. The van der Waals surface area contributed by atoms with Crippen molar-refractivity contribution in [2.45, 2.75) is 32.2 Å². The van der Waals surface area contributed by atoms with Crippen LogP contribution in [0.2, 0.25) is 0 Å². The van der Waals surface area contributed by atoms with Crippen LogP contribution in [0.3, 0.4) is 0 Å². The number of rotatable bonds is 3. The van der Waals surface area contributed by atoms with Gasteiger partial charge in [-0.2, -0.15) is 0 Å². The first-order chi connectivity index (χ1) is 3.56. The summed E-state index contributed by atoms with van der Waals surface area (Å²) in [5, 5.41) is 0. The summed E-state index contributed by atoms with van der Waals surface area (Å²) in [4.78, 5) is 9.80. The van der Waals surface area contributed by atoms with Crippen LogP contribution >= 0.6 is 0 Å². The van der Waals surface area contributed by atoms with Gasteiger partial charge in [-0.15, -0.1) is 0 Å². The first-order valence-electron chi connectivity index (χ1n) is 2.79. The van der Waals surface area contributed by atoms with Crippen molar-refractivity contribution in [2.24, 2.45) is 5.73 Å². The van der Waals surface area contributed by atoms with Crippen LogP contribution in [0, 0.1) is 0 Å². The number of hydrogen-bond acceptors (Lipinski definition) is 2. The lowest BCUT2D eigenvalue weighted by Gasteiger charge is -2.15. The van der Waals surface area contributed by atoms with E-state index in [1.165, 1.54) is 0 Å². The quantitative estimate of drug-likeness (QED) is 0.550. The Balaban J connectivity index is 3.24. The minimum absolute atomic E-state index is 0.180. The molecule has 2 N–H and O–H groups in total. The standard InChI is InChI=1S/C6H13NO/c1-6(2,7)4-3-5-8/h5H,3-4,7H2,1-2H3. The van der Waals surface area contributed by atoms with Gasteiger partial charge >= 0.3 is 0 Å². The van der Waals surface area contributed by atoms with Crippen LogP contribution in [-0.2, 0) is 4.79 Å². The second-order valence-electron chi connectivity index (χ2n) is 2.69. The second-order valence-corrected chi connectivity index (χ2v) is 2.69. The van der Waals surface area contributed by atoms with E-state index in [2.05, 4.69) is 0 Å². The lowest BCUT2D eigenvalue weighted by atomic mass is 10.0. The average Bonchev–Trinajstić information content (AvgIpc) is 1.59. The molecule has 0 fully saturated rings. The minimum atomic E-state index is -0.180. The van der Waals surface area contributed by atoms with E-state index in [0.717, 1.165) is 12.7 Å². The molecule has 0 radical (unpaired) electrons. The van der Waals surface area contributed by atoms with Gasteiger partial charge in [0.1, 0.15) is 6.29 Å². The van der Waals surface area contributed by atoms with Gasteiger partial charge in [0.15, 0.2) is 0 Å². The van der Waals surface area contributed by atoms with Gasteiger partial charge in [0, 0.05) is 12.0 Å². The van der Waals surface area contributed by atoms with Crippen LogP contribution in [-0.4, -0.2) is 11.8 Å². The van der Waals surface area contributed by atoms with Gasteiger partial charge in [0.2, 0.25) is 0 Å². The zero-order valence-corrected chi connectivity index (χ0v) is 5.48. The van der Waals surface area contributed by atoms with Gasteiger partial charge in [0.05, 0.1) is 0 Å². The Labute approximate surface area is 50.1 Å². The maximum absolute atomic E-state index is 9.80. The Morgan fingerprint density at radius 2 is 2.12 bits per heavy atom. The highest BCUT2D eigenvalue weighted by Gasteiger charge is 2.07. The molecule has 0 aromatic rings. The molecule has 0 aliphatic heterocycles. The average molecular weight is 115 g/mol. The molecule has 0 saturated heterocycles. The Kier molecular flexibility index (Phi) is 2.69.